The Hall–Kier alpha value is -0.870. The number of carbonyl (C=O) groups excluding carboxylic acids is 1. The molecule has 0 saturated heterocycles. The first kappa shape index (κ1) is 14.5. The largest absolute Gasteiger partial charge is 0.367 e. The predicted octanol–water partition coefficient (Wildman–Crippen LogP) is 3.24. The van der Waals surface area contributed by atoms with E-state index in [0.29, 0.717) is 23.2 Å². The van der Waals surface area contributed by atoms with E-state index in [1.807, 2.05) is 6.92 Å². The summed E-state index contributed by atoms with van der Waals surface area (Å²) in [6.45, 7) is 4.69. The Morgan fingerprint density at radius 3 is 2.68 bits per heavy atom. The van der Waals surface area contributed by atoms with Gasteiger partial charge in [-0.05, 0) is 38.5 Å². The van der Waals surface area contributed by atoms with Crippen molar-refractivity contribution in [3.63, 3.8) is 0 Å². The molecule has 0 spiro atoms. The minimum absolute atomic E-state index is 0.0220. The smallest absolute Gasteiger partial charge is 0.214 e. The summed E-state index contributed by atoms with van der Waals surface area (Å²) in [5, 5.41) is 4.45. The number of carbonyl (C=O) groups is 1. The average molecular weight is 285 g/mol. The molecule has 1 aromatic heterocycles. The first-order valence-corrected chi connectivity index (χ1v) is 7.24. The molecule has 4 nitrogen and oxygen atoms in total. The van der Waals surface area contributed by atoms with Crippen LogP contribution in [0, 0.1) is 5.92 Å². The summed E-state index contributed by atoms with van der Waals surface area (Å²) in [6.07, 6.45) is 5.08. The lowest BCUT2D eigenvalue weighted by molar-refractivity contribution is -0.0479. The van der Waals surface area contributed by atoms with Crippen LogP contribution in [0.1, 0.15) is 50.0 Å². The fraction of sp³-hybridized carbons (Fsp3) is 0.714. The topological polar surface area (TPSA) is 44.1 Å². The molecule has 1 aliphatic carbocycles. The van der Waals surface area contributed by atoms with E-state index in [1.54, 1.807) is 11.7 Å². The number of halogens is 1. The third-order valence-corrected chi connectivity index (χ3v) is 4.30. The minimum Gasteiger partial charge on any atom is -0.367 e. The van der Waals surface area contributed by atoms with Gasteiger partial charge in [0.1, 0.15) is 11.3 Å². The van der Waals surface area contributed by atoms with Crippen LogP contribution in [0.4, 0.5) is 0 Å². The van der Waals surface area contributed by atoms with Gasteiger partial charge in [0.2, 0.25) is 5.78 Å². The molecule has 0 bridgehead atoms. The minimum atomic E-state index is -0.710. The molecule has 1 aromatic rings. The summed E-state index contributed by atoms with van der Waals surface area (Å²) in [5.41, 5.74) is -0.247. The summed E-state index contributed by atoms with van der Waals surface area (Å²) >= 11 is 6.09. The first-order valence-electron chi connectivity index (χ1n) is 6.86. The molecule has 0 unspecified atom stereocenters. The Kier molecular flexibility index (Phi) is 4.31. The molecule has 1 heterocycles. The summed E-state index contributed by atoms with van der Waals surface area (Å²) in [4.78, 5) is 12.9. The zero-order valence-corrected chi connectivity index (χ0v) is 12.5. The van der Waals surface area contributed by atoms with Crippen LogP contribution >= 0.6 is 11.6 Å². The van der Waals surface area contributed by atoms with E-state index < -0.39 is 5.60 Å². The lowest BCUT2D eigenvalue weighted by atomic mass is 9.76. The van der Waals surface area contributed by atoms with Gasteiger partial charge in [0.05, 0.1) is 11.2 Å². The van der Waals surface area contributed by atoms with Crippen molar-refractivity contribution < 1.29 is 9.53 Å². The third-order valence-electron chi connectivity index (χ3n) is 4.03. The lowest BCUT2D eigenvalue weighted by Gasteiger charge is -2.37. The van der Waals surface area contributed by atoms with E-state index in [2.05, 4.69) is 12.0 Å². The second kappa shape index (κ2) is 5.63. The van der Waals surface area contributed by atoms with Crippen molar-refractivity contribution in [3.05, 3.63) is 16.9 Å². The highest BCUT2D eigenvalue weighted by molar-refractivity contribution is 6.34. The fourth-order valence-corrected chi connectivity index (χ4v) is 3.08. The molecule has 0 aliphatic heterocycles. The molecule has 0 atom stereocenters. The maximum atomic E-state index is 12.9. The maximum Gasteiger partial charge on any atom is 0.214 e. The van der Waals surface area contributed by atoms with Crippen molar-refractivity contribution in [2.75, 3.05) is 6.61 Å². The second-order valence-electron chi connectivity index (χ2n) is 5.40. The van der Waals surface area contributed by atoms with Crippen molar-refractivity contribution in [1.82, 2.24) is 9.78 Å². The molecule has 1 fully saturated rings. The Bertz CT molecular complexity index is 443. The third kappa shape index (κ3) is 2.70. The molecule has 5 heteroatoms. The van der Waals surface area contributed by atoms with Gasteiger partial charge in [0.15, 0.2) is 0 Å². The Morgan fingerprint density at radius 1 is 1.58 bits per heavy atom. The Balaban J connectivity index is 2.32. The van der Waals surface area contributed by atoms with Crippen LogP contribution in [0.25, 0.3) is 0 Å². The number of ketones is 1. The SMILES string of the molecule is CCOC1(C(=O)c2c(Cl)cnn2C)CCC(C)CC1. The van der Waals surface area contributed by atoms with Crippen LogP contribution in [0.2, 0.25) is 5.02 Å². The second-order valence-corrected chi connectivity index (χ2v) is 5.81. The number of aromatic nitrogens is 2. The van der Waals surface area contributed by atoms with Crippen molar-refractivity contribution in [2.45, 2.75) is 45.1 Å². The highest BCUT2D eigenvalue weighted by Gasteiger charge is 2.44. The van der Waals surface area contributed by atoms with Crippen molar-refractivity contribution in [1.29, 1.82) is 0 Å². The van der Waals surface area contributed by atoms with Gasteiger partial charge in [-0.15, -0.1) is 0 Å². The fourth-order valence-electron chi connectivity index (χ4n) is 2.82. The van der Waals surface area contributed by atoms with Crippen LogP contribution in [0.15, 0.2) is 6.20 Å². The van der Waals surface area contributed by atoms with Gasteiger partial charge < -0.3 is 4.74 Å². The quantitative estimate of drug-likeness (QED) is 0.797. The maximum absolute atomic E-state index is 12.9. The van der Waals surface area contributed by atoms with Gasteiger partial charge in [-0.1, -0.05) is 18.5 Å². The number of Topliss-reactive ketones (excluding diaryl/α,β-unsaturated/α-hetero) is 1. The standard InChI is InChI=1S/C14H21ClN2O2/c1-4-19-14(7-5-10(2)6-8-14)13(18)12-11(15)9-16-17(12)3/h9-10H,4-8H2,1-3H3. The molecule has 0 aromatic carbocycles. The number of aryl methyl sites for hydroxylation is 1. The van der Waals surface area contributed by atoms with Crippen LogP contribution in [-0.4, -0.2) is 27.8 Å². The van der Waals surface area contributed by atoms with Gasteiger partial charge in [-0.3, -0.25) is 9.48 Å². The van der Waals surface area contributed by atoms with E-state index >= 15 is 0 Å². The van der Waals surface area contributed by atoms with Crippen molar-refractivity contribution in [3.8, 4) is 0 Å². The zero-order valence-electron chi connectivity index (χ0n) is 11.8. The van der Waals surface area contributed by atoms with Crippen molar-refractivity contribution >= 4 is 17.4 Å². The molecule has 0 N–H and O–H groups in total. The van der Waals surface area contributed by atoms with Gasteiger partial charge in [-0.25, -0.2) is 0 Å². The first-order chi connectivity index (χ1) is 9.00. The van der Waals surface area contributed by atoms with Gasteiger partial charge in [-0.2, -0.15) is 5.10 Å². The summed E-state index contributed by atoms with van der Waals surface area (Å²) in [5.74, 6) is 0.634. The molecule has 106 valence electrons. The van der Waals surface area contributed by atoms with E-state index in [-0.39, 0.29) is 5.78 Å². The zero-order chi connectivity index (χ0) is 14.0. The highest BCUT2D eigenvalue weighted by Crippen LogP contribution is 2.38. The number of hydrogen-bond donors (Lipinski definition) is 0. The van der Waals surface area contributed by atoms with Crippen LogP contribution in [0.3, 0.4) is 0 Å². The van der Waals surface area contributed by atoms with Gasteiger partial charge in [0.25, 0.3) is 0 Å². The summed E-state index contributed by atoms with van der Waals surface area (Å²) < 4.78 is 7.41. The number of rotatable bonds is 4. The highest BCUT2D eigenvalue weighted by atomic mass is 35.5. The molecule has 1 aliphatic rings. The van der Waals surface area contributed by atoms with E-state index in [4.69, 9.17) is 16.3 Å². The number of ether oxygens (including phenoxy) is 1. The van der Waals surface area contributed by atoms with Crippen LogP contribution in [0.5, 0.6) is 0 Å². The average Bonchev–Trinajstić information content (AvgIpc) is 2.71. The normalized spacial score (nSPS) is 27.5. The number of nitrogens with zero attached hydrogens (tertiary/aromatic N) is 2. The van der Waals surface area contributed by atoms with E-state index in [1.165, 1.54) is 6.20 Å². The molecule has 0 amide bonds. The summed E-state index contributed by atoms with van der Waals surface area (Å²) in [6, 6.07) is 0. The lowest BCUT2D eigenvalue weighted by Crippen LogP contribution is -2.45. The van der Waals surface area contributed by atoms with E-state index in [9.17, 15) is 4.79 Å². The molecular weight excluding hydrogens is 264 g/mol. The Labute approximate surface area is 119 Å². The monoisotopic (exact) mass is 284 g/mol. The summed E-state index contributed by atoms with van der Waals surface area (Å²) in [7, 11) is 1.74. The Morgan fingerprint density at radius 2 is 2.21 bits per heavy atom. The molecule has 2 rings (SSSR count). The van der Waals surface area contributed by atoms with Gasteiger partial charge in [0, 0.05) is 13.7 Å². The molecule has 1 saturated carbocycles. The van der Waals surface area contributed by atoms with Crippen molar-refractivity contribution in [2.24, 2.45) is 13.0 Å². The van der Waals surface area contributed by atoms with E-state index in [0.717, 1.165) is 25.7 Å². The van der Waals surface area contributed by atoms with Crippen LogP contribution < -0.4 is 0 Å². The number of hydrogen-bond acceptors (Lipinski definition) is 3. The van der Waals surface area contributed by atoms with Gasteiger partial charge >= 0.3 is 0 Å². The van der Waals surface area contributed by atoms with Crippen LogP contribution in [-0.2, 0) is 11.8 Å². The molecule has 0 radical (unpaired) electrons. The molecule has 19 heavy (non-hydrogen) atoms. The predicted molar refractivity (Wildman–Crippen MR) is 74.5 cm³/mol. The molecular formula is C14H21ClN2O2.